The number of nitrogens with zero attached hydrogens (tertiary/aromatic N) is 2. The van der Waals surface area contributed by atoms with Crippen LogP contribution in [0.5, 0.6) is 0 Å². The van der Waals surface area contributed by atoms with Crippen molar-refractivity contribution >= 4 is 40.0 Å². The highest BCUT2D eigenvalue weighted by Gasteiger charge is 2.55. The van der Waals surface area contributed by atoms with E-state index in [-0.39, 0.29) is 5.91 Å². The molecule has 3 aromatic carbocycles. The van der Waals surface area contributed by atoms with Crippen LogP contribution in [0.2, 0.25) is 5.02 Å². The minimum Gasteiger partial charge on any atom is -0.304 e. The summed E-state index contributed by atoms with van der Waals surface area (Å²) in [5, 5.41) is 6.05. The number of hydrogen-bond acceptors (Lipinski definition) is 4. The van der Waals surface area contributed by atoms with Crippen LogP contribution < -0.4 is 10.3 Å². The van der Waals surface area contributed by atoms with Gasteiger partial charge in [0.1, 0.15) is 5.04 Å². The van der Waals surface area contributed by atoms with Gasteiger partial charge >= 0.3 is 0 Å². The maximum Gasteiger partial charge on any atom is 0.270 e. The number of aryl methyl sites for hydroxylation is 1. The van der Waals surface area contributed by atoms with Crippen LogP contribution in [-0.2, 0) is 16.2 Å². The smallest absolute Gasteiger partial charge is 0.270 e. The number of rotatable bonds is 3. The Morgan fingerprint density at radius 1 is 1.03 bits per heavy atom. The molecule has 1 unspecified atom stereocenters. The van der Waals surface area contributed by atoms with Crippen LogP contribution in [0.15, 0.2) is 77.9 Å². The molecule has 0 saturated carbocycles. The van der Waals surface area contributed by atoms with Gasteiger partial charge in [-0.2, -0.15) is 5.10 Å². The molecule has 29 heavy (non-hydrogen) atoms. The van der Waals surface area contributed by atoms with E-state index in [1.165, 1.54) is 11.8 Å². The van der Waals surface area contributed by atoms with Gasteiger partial charge in [-0.05, 0) is 30.2 Å². The first kappa shape index (κ1) is 18.3. The van der Waals surface area contributed by atoms with Crippen LogP contribution in [0.1, 0.15) is 22.3 Å². The van der Waals surface area contributed by atoms with Gasteiger partial charge in [0.25, 0.3) is 5.91 Å². The fourth-order valence-corrected chi connectivity index (χ4v) is 5.32. The largest absolute Gasteiger partial charge is 0.304 e. The van der Waals surface area contributed by atoms with E-state index in [9.17, 15) is 4.79 Å². The molecule has 2 heterocycles. The summed E-state index contributed by atoms with van der Waals surface area (Å²) in [7, 11) is 0. The van der Waals surface area contributed by atoms with Crippen molar-refractivity contribution in [3.63, 3.8) is 0 Å². The SMILES string of the molecule is Cc1ccccc1C1=NNC2(S1)C(=O)N(Cc1ccccc1Cl)c1ccccc12. The van der Waals surface area contributed by atoms with E-state index in [0.717, 1.165) is 33.0 Å². The molecular weight excluding hydrogens is 402 g/mol. The lowest BCUT2D eigenvalue weighted by atomic mass is 10.1. The van der Waals surface area contributed by atoms with E-state index in [1.807, 2.05) is 66.7 Å². The van der Waals surface area contributed by atoms with Crippen molar-refractivity contribution in [3.05, 3.63) is 100 Å². The zero-order chi connectivity index (χ0) is 20.0. The van der Waals surface area contributed by atoms with Gasteiger partial charge in [-0.3, -0.25) is 10.2 Å². The van der Waals surface area contributed by atoms with Crippen molar-refractivity contribution in [2.45, 2.75) is 18.3 Å². The number of amides is 1. The molecule has 4 nitrogen and oxygen atoms in total. The fourth-order valence-electron chi connectivity index (χ4n) is 3.83. The number of anilines is 1. The molecule has 1 N–H and O–H groups in total. The Morgan fingerprint density at radius 2 is 1.76 bits per heavy atom. The predicted octanol–water partition coefficient (Wildman–Crippen LogP) is 5.05. The van der Waals surface area contributed by atoms with Gasteiger partial charge in [0, 0.05) is 16.1 Å². The zero-order valence-electron chi connectivity index (χ0n) is 15.7. The Labute approximate surface area is 178 Å². The molecule has 3 aromatic rings. The molecule has 2 aliphatic heterocycles. The Morgan fingerprint density at radius 3 is 2.59 bits per heavy atom. The first-order chi connectivity index (χ1) is 14.1. The summed E-state index contributed by atoms with van der Waals surface area (Å²) in [5.74, 6) is -0.0315. The second kappa shape index (κ2) is 6.94. The number of hydrogen-bond donors (Lipinski definition) is 1. The lowest BCUT2D eigenvalue weighted by molar-refractivity contribution is -0.121. The molecule has 0 saturated heterocycles. The number of hydrazone groups is 1. The highest BCUT2D eigenvalue weighted by molar-refractivity contribution is 8.16. The van der Waals surface area contributed by atoms with Crippen molar-refractivity contribution in [2.24, 2.45) is 5.10 Å². The maximum atomic E-state index is 13.7. The Balaban J connectivity index is 1.53. The number of para-hydroxylation sites is 1. The second-order valence-electron chi connectivity index (χ2n) is 7.13. The summed E-state index contributed by atoms with van der Waals surface area (Å²) >= 11 is 7.84. The number of fused-ring (bicyclic) bond motifs is 2. The second-order valence-corrected chi connectivity index (χ2v) is 8.74. The molecule has 2 aliphatic rings. The molecule has 0 fully saturated rings. The van der Waals surface area contributed by atoms with Crippen LogP contribution in [0.3, 0.4) is 0 Å². The molecular formula is C23H18ClN3OS. The number of carbonyl (C=O) groups excluding carboxylic acids is 1. The molecule has 1 atom stereocenters. The van der Waals surface area contributed by atoms with E-state index >= 15 is 0 Å². The fraction of sp³-hybridized carbons (Fsp3) is 0.130. The van der Waals surface area contributed by atoms with E-state index in [2.05, 4.69) is 23.5 Å². The van der Waals surface area contributed by atoms with E-state index in [1.54, 1.807) is 4.90 Å². The van der Waals surface area contributed by atoms with Gasteiger partial charge in [-0.15, -0.1) is 0 Å². The summed E-state index contributed by atoms with van der Waals surface area (Å²) in [6.07, 6.45) is 0. The predicted molar refractivity (Wildman–Crippen MR) is 119 cm³/mol. The minimum atomic E-state index is -0.949. The third kappa shape index (κ3) is 2.84. The number of nitrogens with one attached hydrogen (secondary N) is 1. The third-order valence-corrected chi connectivity index (χ3v) is 7.01. The van der Waals surface area contributed by atoms with Gasteiger partial charge in [-0.1, -0.05) is 84.0 Å². The van der Waals surface area contributed by atoms with E-state index < -0.39 is 4.87 Å². The Kier molecular flexibility index (Phi) is 4.37. The zero-order valence-corrected chi connectivity index (χ0v) is 17.3. The first-order valence-corrected chi connectivity index (χ1v) is 10.5. The minimum absolute atomic E-state index is 0.0315. The van der Waals surface area contributed by atoms with Crippen LogP contribution in [0.25, 0.3) is 0 Å². The van der Waals surface area contributed by atoms with Crippen molar-refractivity contribution in [2.75, 3.05) is 4.90 Å². The van der Waals surface area contributed by atoms with Crippen LogP contribution >= 0.6 is 23.4 Å². The van der Waals surface area contributed by atoms with Crippen LogP contribution in [0, 0.1) is 6.92 Å². The topological polar surface area (TPSA) is 44.7 Å². The molecule has 1 amide bonds. The average molecular weight is 420 g/mol. The van der Waals surface area contributed by atoms with Crippen molar-refractivity contribution < 1.29 is 4.79 Å². The summed E-state index contributed by atoms with van der Waals surface area (Å²) < 4.78 is 0. The van der Waals surface area contributed by atoms with Crippen molar-refractivity contribution in [1.82, 2.24) is 5.43 Å². The summed E-state index contributed by atoms with van der Waals surface area (Å²) in [6, 6.07) is 23.6. The summed E-state index contributed by atoms with van der Waals surface area (Å²) in [6.45, 7) is 2.47. The van der Waals surface area contributed by atoms with Gasteiger partial charge in [0.2, 0.25) is 4.87 Å². The van der Waals surface area contributed by atoms with Gasteiger partial charge in [0.15, 0.2) is 0 Å². The summed E-state index contributed by atoms with van der Waals surface area (Å²) in [4.78, 5) is 14.5. The molecule has 5 rings (SSSR count). The van der Waals surface area contributed by atoms with Crippen molar-refractivity contribution in [1.29, 1.82) is 0 Å². The lowest BCUT2D eigenvalue weighted by Gasteiger charge is -2.23. The molecule has 0 aliphatic carbocycles. The monoisotopic (exact) mass is 419 g/mol. The van der Waals surface area contributed by atoms with Crippen LogP contribution in [-0.4, -0.2) is 11.0 Å². The quantitative estimate of drug-likeness (QED) is 0.646. The summed E-state index contributed by atoms with van der Waals surface area (Å²) in [5.41, 5.74) is 8.07. The number of carbonyl (C=O) groups is 1. The number of thioether (sulfide) groups is 1. The first-order valence-electron chi connectivity index (χ1n) is 9.35. The number of halogens is 1. The third-order valence-electron chi connectivity index (χ3n) is 5.35. The number of benzene rings is 3. The highest BCUT2D eigenvalue weighted by atomic mass is 35.5. The lowest BCUT2D eigenvalue weighted by Crippen LogP contribution is -2.44. The van der Waals surface area contributed by atoms with E-state index in [4.69, 9.17) is 11.6 Å². The molecule has 144 valence electrons. The standard InChI is InChI=1S/C23H18ClN3OS/c1-15-8-2-4-10-17(15)21-25-26-23(29-21)18-11-5-7-13-20(18)27(22(23)28)14-16-9-3-6-12-19(16)24/h2-13,26H,14H2,1H3. The average Bonchev–Trinajstić information content (AvgIpc) is 3.27. The highest BCUT2D eigenvalue weighted by Crippen LogP contribution is 2.51. The normalized spacial score (nSPS) is 20.0. The molecule has 1 spiro atoms. The van der Waals surface area contributed by atoms with E-state index in [0.29, 0.717) is 11.6 Å². The molecule has 0 bridgehead atoms. The molecule has 0 aromatic heterocycles. The molecule has 6 heteroatoms. The maximum absolute atomic E-state index is 13.7. The van der Waals surface area contributed by atoms with Crippen molar-refractivity contribution in [3.8, 4) is 0 Å². The Hall–Kier alpha value is -2.76. The van der Waals surface area contributed by atoms with Gasteiger partial charge in [0.05, 0.1) is 12.2 Å². The Bertz CT molecular complexity index is 1160. The molecule has 0 radical (unpaired) electrons. The van der Waals surface area contributed by atoms with Gasteiger partial charge < -0.3 is 4.90 Å². The van der Waals surface area contributed by atoms with Crippen LogP contribution in [0.4, 0.5) is 5.69 Å². The van der Waals surface area contributed by atoms with Gasteiger partial charge in [-0.25, -0.2) is 0 Å².